The Bertz CT molecular complexity index is 823. The molecule has 1 N–H and O–H groups in total. The monoisotopic (exact) mass is 335 g/mol. The van der Waals surface area contributed by atoms with Gasteiger partial charge in [0.05, 0.1) is 28.7 Å². The standard InChI is InChI=1S/C15H17N3O4S/c1-23(20,21)14-7-3-2-5-12(14)18-10-11(9-16-18)17-15(19)13-6-4-8-22-13/h2-3,5,7,9-10,13H,4,6,8H2,1H3,(H,17,19)/t13-/m1/s1. The van der Waals surface area contributed by atoms with Gasteiger partial charge in [-0.25, -0.2) is 13.1 Å². The third kappa shape index (κ3) is 3.43. The molecule has 1 amide bonds. The largest absolute Gasteiger partial charge is 0.368 e. The summed E-state index contributed by atoms with van der Waals surface area (Å²) >= 11 is 0. The average molecular weight is 335 g/mol. The van der Waals surface area contributed by atoms with Crippen molar-refractivity contribution in [3.8, 4) is 5.69 Å². The van der Waals surface area contributed by atoms with Gasteiger partial charge >= 0.3 is 0 Å². The summed E-state index contributed by atoms with van der Waals surface area (Å²) < 4.78 is 30.5. The van der Waals surface area contributed by atoms with Gasteiger partial charge in [-0.2, -0.15) is 5.10 Å². The molecule has 1 aliphatic heterocycles. The van der Waals surface area contributed by atoms with Crippen LogP contribution >= 0.6 is 0 Å². The first-order valence-corrected chi connectivity index (χ1v) is 9.11. The molecule has 1 aliphatic rings. The number of sulfone groups is 1. The van der Waals surface area contributed by atoms with E-state index in [2.05, 4.69) is 10.4 Å². The van der Waals surface area contributed by atoms with Crippen molar-refractivity contribution < 1.29 is 17.9 Å². The Kier molecular flexibility index (Phi) is 4.18. The molecular formula is C15H17N3O4S. The molecule has 3 rings (SSSR count). The number of aromatic nitrogens is 2. The lowest BCUT2D eigenvalue weighted by atomic mass is 10.2. The van der Waals surface area contributed by atoms with Crippen LogP contribution in [0.3, 0.4) is 0 Å². The Morgan fingerprint density at radius 1 is 1.39 bits per heavy atom. The number of amides is 1. The van der Waals surface area contributed by atoms with E-state index in [1.165, 1.54) is 16.9 Å². The summed E-state index contributed by atoms with van der Waals surface area (Å²) in [4.78, 5) is 12.2. The SMILES string of the molecule is CS(=O)(=O)c1ccccc1-n1cc(NC(=O)[C@H]2CCCO2)cn1. The van der Waals surface area contributed by atoms with Gasteiger partial charge in [-0.1, -0.05) is 12.1 Å². The lowest BCUT2D eigenvalue weighted by molar-refractivity contribution is -0.124. The third-order valence-corrected chi connectivity index (χ3v) is 4.73. The molecule has 1 aromatic heterocycles. The van der Waals surface area contributed by atoms with Crippen LogP contribution in [0.2, 0.25) is 0 Å². The fourth-order valence-corrected chi connectivity index (χ4v) is 3.35. The number of ether oxygens (including phenoxy) is 1. The van der Waals surface area contributed by atoms with Crippen LogP contribution < -0.4 is 5.32 Å². The number of rotatable bonds is 4. The van der Waals surface area contributed by atoms with Gasteiger partial charge in [0.25, 0.3) is 5.91 Å². The molecule has 1 saturated heterocycles. The zero-order valence-corrected chi connectivity index (χ0v) is 13.4. The number of benzene rings is 1. The van der Waals surface area contributed by atoms with Crippen LogP contribution in [-0.2, 0) is 19.4 Å². The first kappa shape index (κ1) is 15.7. The van der Waals surface area contributed by atoms with E-state index in [9.17, 15) is 13.2 Å². The minimum absolute atomic E-state index is 0.181. The van der Waals surface area contributed by atoms with Crippen molar-refractivity contribution >= 4 is 21.4 Å². The van der Waals surface area contributed by atoms with Crippen LogP contribution in [0.4, 0.5) is 5.69 Å². The van der Waals surface area contributed by atoms with E-state index in [1.54, 1.807) is 24.4 Å². The van der Waals surface area contributed by atoms with E-state index in [0.29, 0.717) is 24.4 Å². The molecule has 0 radical (unpaired) electrons. The van der Waals surface area contributed by atoms with Gasteiger partial charge < -0.3 is 10.1 Å². The first-order chi connectivity index (χ1) is 10.9. The van der Waals surface area contributed by atoms with Crippen LogP contribution in [0.1, 0.15) is 12.8 Å². The van der Waals surface area contributed by atoms with E-state index in [4.69, 9.17) is 4.74 Å². The second-order valence-electron chi connectivity index (χ2n) is 5.40. The van der Waals surface area contributed by atoms with Crippen molar-refractivity contribution in [1.29, 1.82) is 0 Å². The fourth-order valence-electron chi connectivity index (χ4n) is 2.49. The fraction of sp³-hybridized carbons (Fsp3) is 0.333. The predicted molar refractivity (Wildman–Crippen MR) is 84.3 cm³/mol. The minimum atomic E-state index is -3.38. The summed E-state index contributed by atoms with van der Waals surface area (Å²) in [6, 6.07) is 6.58. The maximum atomic E-state index is 12.0. The molecule has 0 saturated carbocycles. The summed E-state index contributed by atoms with van der Waals surface area (Å²) in [5, 5.41) is 6.87. The molecule has 0 spiro atoms. The lowest BCUT2D eigenvalue weighted by Crippen LogP contribution is -2.26. The maximum Gasteiger partial charge on any atom is 0.253 e. The highest BCUT2D eigenvalue weighted by Gasteiger charge is 2.24. The highest BCUT2D eigenvalue weighted by atomic mass is 32.2. The quantitative estimate of drug-likeness (QED) is 0.912. The van der Waals surface area contributed by atoms with Crippen molar-refractivity contribution in [2.75, 3.05) is 18.2 Å². The van der Waals surface area contributed by atoms with Crippen molar-refractivity contribution in [1.82, 2.24) is 9.78 Å². The molecule has 2 aromatic rings. The second kappa shape index (κ2) is 6.13. The number of nitrogens with one attached hydrogen (secondary N) is 1. The summed E-state index contributed by atoms with van der Waals surface area (Å²) in [5.74, 6) is -0.210. The molecule has 1 atom stereocenters. The normalized spacial score (nSPS) is 18.0. The minimum Gasteiger partial charge on any atom is -0.368 e. The zero-order valence-electron chi connectivity index (χ0n) is 12.6. The van der Waals surface area contributed by atoms with Gasteiger partial charge in [-0.05, 0) is 25.0 Å². The van der Waals surface area contributed by atoms with Gasteiger partial charge in [0.1, 0.15) is 6.10 Å². The first-order valence-electron chi connectivity index (χ1n) is 7.22. The maximum absolute atomic E-state index is 12.0. The van der Waals surface area contributed by atoms with Crippen LogP contribution in [-0.4, -0.2) is 43.1 Å². The molecule has 1 aromatic carbocycles. The topological polar surface area (TPSA) is 90.3 Å². The van der Waals surface area contributed by atoms with Gasteiger partial charge in [-0.3, -0.25) is 4.79 Å². The van der Waals surface area contributed by atoms with Crippen molar-refractivity contribution in [3.63, 3.8) is 0 Å². The Labute approximate surface area is 134 Å². The molecule has 0 aliphatic carbocycles. The second-order valence-corrected chi connectivity index (χ2v) is 7.39. The summed E-state index contributed by atoms with van der Waals surface area (Å²) in [6.07, 6.45) is 5.36. The third-order valence-electron chi connectivity index (χ3n) is 3.58. The number of carbonyl (C=O) groups is 1. The average Bonchev–Trinajstić information content (AvgIpc) is 3.18. The number of anilines is 1. The van der Waals surface area contributed by atoms with E-state index >= 15 is 0 Å². The van der Waals surface area contributed by atoms with E-state index in [1.807, 2.05) is 0 Å². The van der Waals surface area contributed by atoms with Crippen molar-refractivity contribution in [2.45, 2.75) is 23.8 Å². The van der Waals surface area contributed by atoms with E-state index < -0.39 is 15.9 Å². The molecule has 2 heterocycles. The Balaban J connectivity index is 1.84. The van der Waals surface area contributed by atoms with Crippen LogP contribution in [0.5, 0.6) is 0 Å². The molecule has 0 unspecified atom stereocenters. The molecule has 1 fully saturated rings. The Morgan fingerprint density at radius 2 is 2.17 bits per heavy atom. The number of hydrogen-bond donors (Lipinski definition) is 1. The number of hydrogen-bond acceptors (Lipinski definition) is 5. The van der Waals surface area contributed by atoms with E-state index in [-0.39, 0.29) is 10.8 Å². The zero-order chi connectivity index (χ0) is 16.4. The summed E-state index contributed by atoms with van der Waals surface area (Å²) in [7, 11) is -3.38. The van der Waals surface area contributed by atoms with Gasteiger partial charge in [0.2, 0.25) is 0 Å². The van der Waals surface area contributed by atoms with E-state index in [0.717, 1.165) is 12.7 Å². The molecule has 122 valence electrons. The van der Waals surface area contributed by atoms with Gasteiger partial charge in [0.15, 0.2) is 9.84 Å². The predicted octanol–water partition coefficient (Wildman–Crippen LogP) is 1.39. The van der Waals surface area contributed by atoms with Crippen molar-refractivity contribution in [2.24, 2.45) is 0 Å². The van der Waals surface area contributed by atoms with Crippen LogP contribution in [0, 0.1) is 0 Å². The molecular weight excluding hydrogens is 318 g/mol. The summed E-state index contributed by atoms with van der Waals surface area (Å²) in [5.41, 5.74) is 0.932. The van der Waals surface area contributed by atoms with Gasteiger partial charge in [-0.15, -0.1) is 0 Å². The Morgan fingerprint density at radius 3 is 2.87 bits per heavy atom. The summed E-state index contributed by atoms with van der Waals surface area (Å²) in [6.45, 7) is 0.596. The van der Waals surface area contributed by atoms with Crippen LogP contribution in [0.15, 0.2) is 41.6 Å². The molecule has 23 heavy (non-hydrogen) atoms. The number of nitrogens with zero attached hydrogens (tertiary/aromatic N) is 2. The molecule has 0 bridgehead atoms. The Hall–Kier alpha value is -2.19. The van der Waals surface area contributed by atoms with Crippen LogP contribution in [0.25, 0.3) is 5.69 Å². The molecule has 8 heteroatoms. The molecule has 7 nitrogen and oxygen atoms in total. The number of para-hydroxylation sites is 1. The van der Waals surface area contributed by atoms with Gasteiger partial charge in [0, 0.05) is 12.9 Å². The highest BCUT2D eigenvalue weighted by molar-refractivity contribution is 7.90. The van der Waals surface area contributed by atoms with Crippen molar-refractivity contribution in [3.05, 3.63) is 36.7 Å². The highest BCUT2D eigenvalue weighted by Crippen LogP contribution is 2.21. The smallest absolute Gasteiger partial charge is 0.253 e. The lowest BCUT2D eigenvalue weighted by Gasteiger charge is -2.09. The number of carbonyl (C=O) groups excluding carboxylic acids is 1.